The highest BCUT2D eigenvalue weighted by molar-refractivity contribution is 6.76. The average molecular weight is 323 g/mol. The highest BCUT2D eigenvalue weighted by Gasteiger charge is 2.36. The molecule has 118 valence electrons. The second-order valence-electron chi connectivity index (χ2n) is 6.88. The summed E-state index contributed by atoms with van der Waals surface area (Å²) in [4.78, 5) is 26.2. The van der Waals surface area contributed by atoms with E-state index in [4.69, 9.17) is 0 Å². The van der Waals surface area contributed by atoms with Crippen LogP contribution in [0.5, 0.6) is 0 Å². The fourth-order valence-electron chi connectivity index (χ4n) is 3.09. The molecular formula is C19H21NO2Si. The van der Waals surface area contributed by atoms with E-state index >= 15 is 0 Å². The lowest BCUT2D eigenvalue weighted by Crippen LogP contribution is -2.38. The Balaban J connectivity index is 1.67. The third-order valence-electron chi connectivity index (χ3n) is 4.42. The number of hydrogen-bond donors (Lipinski definition) is 0. The molecule has 0 saturated heterocycles. The van der Waals surface area contributed by atoms with Crippen molar-refractivity contribution in [3.8, 4) is 0 Å². The van der Waals surface area contributed by atoms with Crippen LogP contribution in [0.1, 0.15) is 26.3 Å². The van der Waals surface area contributed by atoms with Crippen LogP contribution in [-0.4, -0.2) is 31.3 Å². The topological polar surface area (TPSA) is 37.4 Å². The van der Waals surface area contributed by atoms with Gasteiger partial charge in [0.2, 0.25) is 0 Å². The SMILES string of the molecule is C[Si](C)(CCN1C(=O)c2ccccc2C1=O)Cc1ccccc1. The lowest BCUT2D eigenvalue weighted by molar-refractivity contribution is 0.0662. The Labute approximate surface area is 138 Å². The number of fused-ring (bicyclic) bond motifs is 1. The molecule has 1 aliphatic heterocycles. The van der Waals surface area contributed by atoms with Crippen LogP contribution in [0.3, 0.4) is 0 Å². The van der Waals surface area contributed by atoms with Gasteiger partial charge in [0.25, 0.3) is 11.8 Å². The van der Waals surface area contributed by atoms with E-state index in [-0.39, 0.29) is 11.8 Å². The molecule has 4 heteroatoms. The molecule has 1 heterocycles. The van der Waals surface area contributed by atoms with E-state index < -0.39 is 8.07 Å². The molecule has 0 saturated carbocycles. The molecule has 0 aromatic heterocycles. The predicted octanol–water partition coefficient (Wildman–Crippen LogP) is 3.77. The maximum absolute atomic E-state index is 12.4. The standard InChI is InChI=1S/C19H21NO2Si/c1-23(2,14-15-8-4-3-5-9-15)13-12-20-18(21)16-10-6-7-11-17(16)19(20)22/h3-11H,12-14H2,1-2H3. The van der Waals surface area contributed by atoms with Crippen LogP contribution < -0.4 is 0 Å². The maximum atomic E-state index is 12.4. The highest BCUT2D eigenvalue weighted by atomic mass is 28.3. The maximum Gasteiger partial charge on any atom is 0.261 e. The first-order valence-corrected chi connectivity index (χ1v) is 11.4. The van der Waals surface area contributed by atoms with E-state index in [1.807, 2.05) is 18.2 Å². The number of carbonyl (C=O) groups is 2. The van der Waals surface area contributed by atoms with Crippen molar-refractivity contribution >= 4 is 19.9 Å². The Kier molecular flexibility index (Phi) is 4.18. The van der Waals surface area contributed by atoms with Crippen molar-refractivity contribution in [2.75, 3.05) is 6.54 Å². The summed E-state index contributed by atoms with van der Waals surface area (Å²) < 4.78 is 0. The number of imide groups is 1. The van der Waals surface area contributed by atoms with E-state index in [9.17, 15) is 9.59 Å². The fourth-order valence-corrected chi connectivity index (χ4v) is 5.44. The first-order chi connectivity index (χ1) is 11.0. The Morgan fingerprint density at radius 1 is 0.826 bits per heavy atom. The van der Waals surface area contributed by atoms with Gasteiger partial charge in [0.05, 0.1) is 19.2 Å². The molecule has 23 heavy (non-hydrogen) atoms. The van der Waals surface area contributed by atoms with Gasteiger partial charge in [-0.15, -0.1) is 0 Å². The molecule has 2 aromatic carbocycles. The summed E-state index contributed by atoms with van der Waals surface area (Å²) in [5.74, 6) is -0.287. The lowest BCUT2D eigenvalue weighted by atomic mass is 10.1. The average Bonchev–Trinajstić information content (AvgIpc) is 2.78. The van der Waals surface area contributed by atoms with Gasteiger partial charge in [-0.1, -0.05) is 61.1 Å². The fraction of sp³-hybridized carbons (Fsp3) is 0.263. The first kappa shape index (κ1) is 15.7. The molecular weight excluding hydrogens is 302 g/mol. The van der Waals surface area contributed by atoms with Gasteiger partial charge in [0.15, 0.2) is 0 Å². The van der Waals surface area contributed by atoms with Crippen LogP contribution in [0, 0.1) is 0 Å². The Bertz CT molecular complexity index is 705. The van der Waals surface area contributed by atoms with Crippen molar-refractivity contribution in [2.45, 2.75) is 25.2 Å². The third kappa shape index (κ3) is 3.27. The summed E-state index contributed by atoms with van der Waals surface area (Å²) in [7, 11) is -1.52. The quantitative estimate of drug-likeness (QED) is 0.620. The van der Waals surface area contributed by atoms with E-state index in [0.717, 1.165) is 12.1 Å². The number of nitrogens with zero attached hydrogens (tertiary/aromatic N) is 1. The van der Waals surface area contributed by atoms with Crippen LogP contribution in [0.4, 0.5) is 0 Å². The van der Waals surface area contributed by atoms with E-state index in [1.165, 1.54) is 10.5 Å². The van der Waals surface area contributed by atoms with Gasteiger partial charge >= 0.3 is 0 Å². The van der Waals surface area contributed by atoms with Gasteiger partial charge in [-0.3, -0.25) is 14.5 Å². The summed E-state index contributed by atoms with van der Waals surface area (Å²) >= 11 is 0. The van der Waals surface area contributed by atoms with Crippen molar-refractivity contribution < 1.29 is 9.59 Å². The number of amides is 2. The van der Waals surface area contributed by atoms with Gasteiger partial charge in [-0.05, 0) is 24.2 Å². The Morgan fingerprint density at radius 3 is 1.91 bits per heavy atom. The third-order valence-corrected chi connectivity index (χ3v) is 7.36. The minimum Gasteiger partial charge on any atom is -0.275 e. The summed E-state index contributed by atoms with van der Waals surface area (Å²) in [6.07, 6.45) is 0. The van der Waals surface area contributed by atoms with Crippen molar-refractivity contribution in [2.24, 2.45) is 0 Å². The molecule has 0 unspecified atom stereocenters. The van der Waals surface area contributed by atoms with Crippen molar-refractivity contribution in [1.29, 1.82) is 0 Å². The zero-order chi connectivity index (χ0) is 16.4. The first-order valence-electron chi connectivity index (χ1n) is 7.97. The number of hydrogen-bond acceptors (Lipinski definition) is 2. The van der Waals surface area contributed by atoms with Gasteiger partial charge in [0, 0.05) is 6.54 Å². The number of carbonyl (C=O) groups excluding carboxylic acids is 2. The second kappa shape index (κ2) is 6.12. The van der Waals surface area contributed by atoms with E-state index in [2.05, 4.69) is 37.4 Å². The molecule has 0 N–H and O–H groups in total. The van der Waals surface area contributed by atoms with Crippen LogP contribution in [-0.2, 0) is 6.04 Å². The molecule has 3 nitrogen and oxygen atoms in total. The highest BCUT2D eigenvalue weighted by Crippen LogP contribution is 2.24. The van der Waals surface area contributed by atoms with Crippen LogP contribution in [0.2, 0.25) is 19.1 Å². The molecule has 1 aliphatic rings. The molecule has 0 bridgehead atoms. The normalized spacial score (nSPS) is 14.3. The summed E-state index contributed by atoms with van der Waals surface area (Å²) in [6, 6.07) is 19.5. The molecule has 2 aromatic rings. The van der Waals surface area contributed by atoms with Gasteiger partial charge in [0.1, 0.15) is 0 Å². The van der Waals surface area contributed by atoms with E-state index in [0.29, 0.717) is 17.7 Å². The van der Waals surface area contributed by atoms with E-state index in [1.54, 1.807) is 12.1 Å². The van der Waals surface area contributed by atoms with Gasteiger partial charge in [-0.25, -0.2) is 0 Å². The Hall–Kier alpha value is -2.20. The molecule has 0 radical (unpaired) electrons. The molecule has 0 spiro atoms. The molecule has 3 rings (SSSR count). The monoisotopic (exact) mass is 323 g/mol. The second-order valence-corrected chi connectivity index (χ2v) is 12.1. The Morgan fingerprint density at radius 2 is 1.35 bits per heavy atom. The van der Waals surface area contributed by atoms with Crippen LogP contribution in [0.25, 0.3) is 0 Å². The molecule has 0 fully saturated rings. The molecule has 0 atom stereocenters. The minimum absolute atomic E-state index is 0.143. The van der Waals surface area contributed by atoms with Crippen molar-refractivity contribution in [1.82, 2.24) is 4.90 Å². The summed E-state index contributed by atoms with van der Waals surface area (Å²) in [5.41, 5.74) is 2.42. The predicted molar refractivity (Wildman–Crippen MR) is 94.2 cm³/mol. The summed E-state index contributed by atoms with van der Waals surface area (Å²) in [6.45, 7) is 5.16. The van der Waals surface area contributed by atoms with Gasteiger partial charge < -0.3 is 0 Å². The molecule has 0 aliphatic carbocycles. The van der Waals surface area contributed by atoms with Gasteiger partial charge in [-0.2, -0.15) is 0 Å². The largest absolute Gasteiger partial charge is 0.275 e. The molecule has 2 amide bonds. The van der Waals surface area contributed by atoms with Crippen molar-refractivity contribution in [3.63, 3.8) is 0 Å². The number of rotatable bonds is 5. The van der Waals surface area contributed by atoms with Crippen LogP contribution in [0.15, 0.2) is 54.6 Å². The van der Waals surface area contributed by atoms with Crippen molar-refractivity contribution in [3.05, 3.63) is 71.3 Å². The lowest BCUT2D eigenvalue weighted by Gasteiger charge is -2.25. The number of benzene rings is 2. The smallest absolute Gasteiger partial charge is 0.261 e. The zero-order valence-corrected chi connectivity index (χ0v) is 14.6. The van der Waals surface area contributed by atoms with Crippen LogP contribution >= 0.6 is 0 Å². The summed E-state index contributed by atoms with van der Waals surface area (Å²) in [5, 5.41) is 0. The minimum atomic E-state index is -1.52. The zero-order valence-electron chi connectivity index (χ0n) is 13.6.